The second-order valence-electron chi connectivity index (χ2n) is 15.5. The van der Waals surface area contributed by atoms with Gasteiger partial charge in [0.05, 0.1) is 51.8 Å². The van der Waals surface area contributed by atoms with Crippen molar-refractivity contribution in [1.82, 2.24) is 0 Å². The standard InChI is InChI=1S/2C25H20ClN3O6S.Ca/c2*1-14-11-17(13-21(26)24(14)36(32,33)34)28-29-22-19-6-4-3-5-15(19)12-20(23(22)30)25(31)27-16-7-9-18(35-2)10-8-16;/h2*3-13,30H,1-2H3,(H,27,31)(H,32,33,34);/q;;+2/p-2. The van der Waals surface area contributed by atoms with Crippen LogP contribution in [-0.2, 0) is 20.2 Å². The van der Waals surface area contributed by atoms with E-state index in [1.807, 2.05) is 0 Å². The molecule has 73 heavy (non-hydrogen) atoms. The van der Waals surface area contributed by atoms with Gasteiger partial charge >= 0.3 is 37.7 Å². The van der Waals surface area contributed by atoms with Crippen LogP contribution in [0.2, 0.25) is 10.0 Å². The number of rotatable bonds is 12. The van der Waals surface area contributed by atoms with E-state index in [2.05, 4.69) is 31.1 Å². The molecular formula is C50H38CaCl2N6O12S2. The first-order chi connectivity index (χ1) is 34.2. The molecule has 0 aliphatic carbocycles. The van der Waals surface area contributed by atoms with Crippen molar-refractivity contribution < 1.29 is 55.2 Å². The molecule has 368 valence electrons. The van der Waals surface area contributed by atoms with E-state index >= 15 is 0 Å². The predicted octanol–water partition coefficient (Wildman–Crippen LogP) is 11.5. The third-order valence-corrected chi connectivity index (χ3v) is 13.5. The number of carbonyl (C=O) groups excluding carboxylic acids is 2. The maximum atomic E-state index is 13.3. The van der Waals surface area contributed by atoms with Crippen LogP contribution in [0.15, 0.2) is 164 Å². The van der Waals surface area contributed by atoms with Gasteiger partial charge in [0.15, 0.2) is 5.75 Å². The number of phenolic OH excluding ortho intramolecular Hbond substituents is 1. The van der Waals surface area contributed by atoms with Crippen LogP contribution >= 0.6 is 23.2 Å². The molecule has 0 bridgehead atoms. The minimum Gasteiger partial charge on any atom is -0.870 e. The normalized spacial score (nSPS) is 11.5. The summed E-state index contributed by atoms with van der Waals surface area (Å²) in [5.74, 6) is -0.982. The quantitative estimate of drug-likeness (QED) is 0.0505. The van der Waals surface area contributed by atoms with E-state index in [9.17, 15) is 45.7 Å². The second-order valence-corrected chi connectivity index (χ2v) is 19.0. The summed E-state index contributed by atoms with van der Waals surface area (Å²) in [6.07, 6.45) is 0. The van der Waals surface area contributed by atoms with Crippen molar-refractivity contribution in [2.75, 3.05) is 24.9 Å². The smallest absolute Gasteiger partial charge is 0.870 e. The molecule has 0 saturated carbocycles. The third kappa shape index (κ3) is 13.1. The number of hydrogen-bond donors (Lipinski definition) is 4. The zero-order valence-electron chi connectivity index (χ0n) is 38.7. The Morgan fingerprint density at radius 3 is 1.44 bits per heavy atom. The van der Waals surface area contributed by atoms with Gasteiger partial charge in [-0.2, -0.15) is 23.8 Å². The van der Waals surface area contributed by atoms with E-state index in [1.165, 1.54) is 52.3 Å². The molecule has 4 N–H and O–H groups in total. The number of nitrogens with one attached hydrogen (secondary N) is 2. The summed E-state index contributed by atoms with van der Waals surface area (Å²) in [6.45, 7) is 2.85. The van der Waals surface area contributed by atoms with Crippen molar-refractivity contribution in [2.24, 2.45) is 20.5 Å². The van der Waals surface area contributed by atoms with E-state index in [4.69, 9.17) is 32.7 Å². The fourth-order valence-electron chi connectivity index (χ4n) is 7.31. The van der Waals surface area contributed by atoms with Gasteiger partial charge in [0.1, 0.15) is 32.2 Å². The molecule has 8 aromatic carbocycles. The van der Waals surface area contributed by atoms with Crippen molar-refractivity contribution in [1.29, 1.82) is 0 Å². The summed E-state index contributed by atoms with van der Waals surface area (Å²) in [6, 6.07) is 35.3. The molecular weight excluding hydrogens is 1050 g/mol. The number of phenols is 1. The van der Waals surface area contributed by atoms with Gasteiger partial charge in [-0.25, -0.2) is 8.42 Å². The van der Waals surface area contributed by atoms with Gasteiger partial charge in [-0.3, -0.25) is 14.1 Å². The molecule has 2 amide bonds. The van der Waals surface area contributed by atoms with Gasteiger partial charge in [-0.15, -0.1) is 5.11 Å². The SMILES string of the molecule is COc1ccc(NC(=O)c2cc3ccccc3c(N=Nc3cc(C)c(S(=O)(=O)O)c(Cl)c3)c2O)cc1.COc1ccc(NC(=O)c2cc3ccccc3c(N=Nc3cc(C)c(S(=O)(=O)[O-])c(Cl)c3)c2[O-])cc1.[Ca+2]. The van der Waals surface area contributed by atoms with Crippen molar-refractivity contribution in [3.05, 3.63) is 166 Å². The van der Waals surface area contributed by atoms with Crippen LogP contribution in [-0.4, -0.2) is 94.8 Å². The van der Waals surface area contributed by atoms with Gasteiger partial charge in [0.2, 0.25) is 0 Å². The molecule has 23 heteroatoms. The van der Waals surface area contributed by atoms with Crippen LogP contribution in [0, 0.1) is 13.8 Å². The minimum atomic E-state index is -4.78. The number of hydrogen-bond acceptors (Lipinski definition) is 15. The van der Waals surface area contributed by atoms with Gasteiger partial charge in [-0.1, -0.05) is 77.5 Å². The number of anilines is 2. The van der Waals surface area contributed by atoms with Crippen LogP contribution in [0.1, 0.15) is 31.8 Å². The Labute approximate surface area is 457 Å². The van der Waals surface area contributed by atoms with Gasteiger partial charge in [0, 0.05) is 27.7 Å². The van der Waals surface area contributed by atoms with E-state index in [1.54, 1.807) is 103 Å². The Hall–Kier alpha value is -6.72. The molecule has 0 atom stereocenters. The number of carbonyl (C=O) groups is 2. The van der Waals surface area contributed by atoms with Crippen LogP contribution in [0.5, 0.6) is 23.0 Å². The molecule has 0 fully saturated rings. The zero-order valence-corrected chi connectivity index (χ0v) is 44.1. The third-order valence-electron chi connectivity index (χ3n) is 10.6. The molecule has 0 aliphatic heterocycles. The van der Waals surface area contributed by atoms with E-state index in [0.717, 1.165) is 6.07 Å². The number of fused-ring (bicyclic) bond motifs is 2. The number of methoxy groups -OCH3 is 2. The van der Waals surface area contributed by atoms with Gasteiger partial charge < -0.3 is 34.9 Å². The number of halogens is 2. The summed E-state index contributed by atoms with van der Waals surface area (Å²) < 4.78 is 77.0. The summed E-state index contributed by atoms with van der Waals surface area (Å²) in [5, 5.41) is 47.7. The van der Waals surface area contributed by atoms with Crippen LogP contribution < -0.4 is 25.2 Å². The van der Waals surface area contributed by atoms with E-state index in [0.29, 0.717) is 44.4 Å². The largest absolute Gasteiger partial charge is 2.00 e. The number of ether oxygens (including phenoxy) is 2. The Kier molecular flexibility index (Phi) is 17.8. The molecule has 0 saturated heterocycles. The maximum absolute atomic E-state index is 13.3. The Morgan fingerprint density at radius 2 is 1.00 bits per heavy atom. The summed E-state index contributed by atoms with van der Waals surface area (Å²) in [7, 11) is -6.25. The van der Waals surface area contributed by atoms with Crippen molar-refractivity contribution in [3.8, 4) is 23.0 Å². The summed E-state index contributed by atoms with van der Waals surface area (Å²) >= 11 is 12.0. The number of amides is 2. The summed E-state index contributed by atoms with van der Waals surface area (Å²) in [4.78, 5) is 25.0. The topological polar surface area (TPSA) is 281 Å². The summed E-state index contributed by atoms with van der Waals surface area (Å²) in [5.41, 5.74) is 1.34. The minimum absolute atomic E-state index is 0. The second kappa shape index (κ2) is 23.4. The van der Waals surface area contributed by atoms with Crippen LogP contribution in [0.4, 0.5) is 34.1 Å². The first-order valence-corrected chi connectivity index (χ1v) is 24.5. The van der Waals surface area contributed by atoms with E-state index in [-0.39, 0.29) is 98.5 Å². The molecule has 18 nitrogen and oxygen atoms in total. The Bertz CT molecular complexity index is 3440. The van der Waals surface area contributed by atoms with Gasteiger partial charge in [0.25, 0.3) is 21.9 Å². The molecule has 8 rings (SSSR count). The Balaban J connectivity index is 0.000000235. The van der Waals surface area contributed by atoms with E-state index < -0.39 is 47.6 Å². The number of aryl methyl sites for hydroxylation is 2. The van der Waals surface area contributed by atoms with Crippen molar-refractivity contribution >= 4 is 149 Å². The Morgan fingerprint density at radius 1 is 0.589 bits per heavy atom. The molecule has 0 aromatic heterocycles. The number of azo groups is 2. The number of nitrogens with zero attached hydrogens (tertiary/aromatic N) is 4. The zero-order chi connectivity index (χ0) is 52.1. The first kappa shape index (κ1) is 55.6. The molecule has 0 heterocycles. The fourth-order valence-corrected chi connectivity index (χ4v) is 9.93. The molecule has 0 radical (unpaired) electrons. The molecule has 0 spiro atoms. The number of benzene rings is 8. The molecule has 8 aromatic rings. The molecule has 0 unspecified atom stereocenters. The van der Waals surface area contributed by atoms with Crippen molar-refractivity contribution in [3.63, 3.8) is 0 Å². The van der Waals surface area contributed by atoms with Gasteiger partial charge in [-0.05, 0) is 121 Å². The average molecular weight is 1090 g/mol. The average Bonchev–Trinajstić information content (AvgIpc) is 3.32. The van der Waals surface area contributed by atoms with Crippen LogP contribution in [0.25, 0.3) is 21.5 Å². The fraction of sp³-hybridized carbons (Fsp3) is 0.0800. The maximum Gasteiger partial charge on any atom is 2.00 e. The monoisotopic (exact) mass is 1090 g/mol. The van der Waals surface area contributed by atoms with Crippen LogP contribution in [0.3, 0.4) is 0 Å². The molecule has 0 aliphatic rings. The first-order valence-electron chi connectivity index (χ1n) is 20.9. The van der Waals surface area contributed by atoms with Crippen molar-refractivity contribution in [2.45, 2.75) is 23.6 Å². The number of aromatic hydroxyl groups is 1. The predicted molar refractivity (Wildman–Crippen MR) is 275 cm³/mol.